The van der Waals surface area contributed by atoms with Crippen molar-refractivity contribution in [3.63, 3.8) is 0 Å². The van der Waals surface area contributed by atoms with Crippen LogP contribution in [0.25, 0.3) is 11.3 Å². The molecule has 3 rings (SSSR count). The number of hydrazine groups is 1. The fourth-order valence-corrected chi connectivity index (χ4v) is 2.33. The van der Waals surface area contributed by atoms with Gasteiger partial charge in [0.2, 0.25) is 0 Å². The third-order valence-electron chi connectivity index (χ3n) is 3.60. The number of carbonyl (C=O) groups excluding carboxylic acids is 2. The Balaban J connectivity index is 1.67. The summed E-state index contributed by atoms with van der Waals surface area (Å²) in [6.07, 6.45) is 0. The summed E-state index contributed by atoms with van der Waals surface area (Å²) < 4.78 is 32.0. The van der Waals surface area contributed by atoms with Gasteiger partial charge in [0.1, 0.15) is 17.4 Å². The largest absolute Gasteiger partial charge is 0.451 e. The fraction of sp³-hybridized carbons (Fsp3) is 0.0526. The molecule has 2 amide bonds. The van der Waals surface area contributed by atoms with E-state index in [1.807, 2.05) is 13.0 Å². The lowest BCUT2D eigenvalue weighted by atomic mass is 10.1. The molecule has 132 valence electrons. The summed E-state index contributed by atoms with van der Waals surface area (Å²) in [5.41, 5.74) is 5.80. The normalized spacial score (nSPS) is 10.4. The summed E-state index contributed by atoms with van der Waals surface area (Å²) in [6.45, 7) is 1.84. The van der Waals surface area contributed by atoms with Gasteiger partial charge in [-0.2, -0.15) is 0 Å². The highest BCUT2D eigenvalue weighted by Gasteiger charge is 2.16. The number of furan rings is 1. The second kappa shape index (κ2) is 7.18. The highest BCUT2D eigenvalue weighted by atomic mass is 19.1. The number of nitrogens with one attached hydrogen (secondary N) is 2. The summed E-state index contributed by atoms with van der Waals surface area (Å²) in [7, 11) is 0. The van der Waals surface area contributed by atoms with Gasteiger partial charge in [0.05, 0.1) is 5.56 Å². The molecular formula is C19H14F2N2O3. The molecule has 0 fully saturated rings. The third-order valence-corrected chi connectivity index (χ3v) is 3.60. The zero-order valence-electron chi connectivity index (χ0n) is 13.7. The zero-order chi connectivity index (χ0) is 18.7. The molecule has 0 aliphatic heterocycles. The smallest absolute Gasteiger partial charge is 0.305 e. The van der Waals surface area contributed by atoms with Crippen molar-refractivity contribution in [3.8, 4) is 11.3 Å². The summed E-state index contributed by atoms with van der Waals surface area (Å²) in [5.74, 6) is -2.78. The first-order chi connectivity index (χ1) is 12.4. The van der Waals surface area contributed by atoms with Crippen LogP contribution < -0.4 is 10.9 Å². The number of aryl methyl sites for hydroxylation is 1. The molecule has 0 aliphatic carbocycles. The minimum atomic E-state index is -0.806. The van der Waals surface area contributed by atoms with Gasteiger partial charge in [0.15, 0.2) is 5.76 Å². The molecule has 0 spiro atoms. The van der Waals surface area contributed by atoms with Crippen LogP contribution in [0.4, 0.5) is 8.78 Å². The predicted molar refractivity (Wildman–Crippen MR) is 90.2 cm³/mol. The second-order valence-electron chi connectivity index (χ2n) is 5.57. The number of halogens is 2. The van der Waals surface area contributed by atoms with Gasteiger partial charge in [-0.25, -0.2) is 8.78 Å². The first kappa shape index (κ1) is 17.3. The van der Waals surface area contributed by atoms with Gasteiger partial charge < -0.3 is 4.42 Å². The van der Waals surface area contributed by atoms with Crippen LogP contribution >= 0.6 is 0 Å². The average Bonchev–Trinajstić information content (AvgIpc) is 3.09. The van der Waals surface area contributed by atoms with Crippen LogP contribution in [0.15, 0.2) is 59.0 Å². The van der Waals surface area contributed by atoms with Gasteiger partial charge in [0, 0.05) is 11.6 Å². The maximum absolute atomic E-state index is 13.8. The SMILES string of the molecule is Cc1cccc(C(=O)NNC(=O)c2ccc(-c3ccc(F)cc3F)o2)c1. The van der Waals surface area contributed by atoms with Crippen LogP contribution in [0.1, 0.15) is 26.5 Å². The van der Waals surface area contributed by atoms with Crippen molar-refractivity contribution in [2.45, 2.75) is 6.92 Å². The van der Waals surface area contributed by atoms with E-state index in [2.05, 4.69) is 10.9 Å². The van der Waals surface area contributed by atoms with E-state index in [0.29, 0.717) is 5.56 Å². The number of hydrogen-bond donors (Lipinski definition) is 2. The Hall–Kier alpha value is -3.48. The lowest BCUT2D eigenvalue weighted by Gasteiger charge is -2.06. The van der Waals surface area contributed by atoms with Gasteiger partial charge in [0.25, 0.3) is 5.91 Å². The molecule has 5 nitrogen and oxygen atoms in total. The maximum atomic E-state index is 13.8. The number of hydrogen-bond acceptors (Lipinski definition) is 3. The van der Waals surface area contributed by atoms with E-state index < -0.39 is 23.4 Å². The van der Waals surface area contributed by atoms with Crippen molar-refractivity contribution in [3.05, 3.63) is 83.1 Å². The first-order valence-corrected chi connectivity index (χ1v) is 7.66. The maximum Gasteiger partial charge on any atom is 0.305 e. The Morgan fingerprint density at radius 1 is 0.923 bits per heavy atom. The standard InChI is InChI=1S/C19H14F2N2O3/c1-11-3-2-4-12(9-11)18(24)22-23-19(25)17-8-7-16(26-17)14-6-5-13(20)10-15(14)21/h2-10H,1H3,(H,22,24)(H,23,25). The highest BCUT2D eigenvalue weighted by molar-refractivity contribution is 5.98. The van der Waals surface area contributed by atoms with E-state index in [1.165, 1.54) is 18.2 Å². The topological polar surface area (TPSA) is 71.3 Å². The van der Waals surface area contributed by atoms with Gasteiger partial charge >= 0.3 is 5.91 Å². The second-order valence-corrected chi connectivity index (χ2v) is 5.57. The molecule has 0 saturated carbocycles. The fourth-order valence-electron chi connectivity index (χ4n) is 2.33. The minimum Gasteiger partial charge on any atom is -0.451 e. The molecule has 0 aliphatic rings. The summed E-state index contributed by atoms with van der Waals surface area (Å²) in [5, 5.41) is 0. The Bertz CT molecular complexity index is 982. The number of carbonyl (C=O) groups is 2. The molecule has 0 radical (unpaired) electrons. The van der Waals surface area contributed by atoms with E-state index in [1.54, 1.807) is 18.2 Å². The molecule has 0 saturated heterocycles. The van der Waals surface area contributed by atoms with Crippen LogP contribution in [-0.4, -0.2) is 11.8 Å². The van der Waals surface area contributed by atoms with E-state index in [0.717, 1.165) is 17.7 Å². The summed E-state index contributed by atoms with van der Waals surface area (Å²) in [6, 6.07) is 12.6. The zero-order valence-corrected chi connectivity index (χ0v) is 13.7. The highest BCUT2D eigenvalue weighted by Crippen LogP contribution is 2.25. The van der Waals surface area contributed by atoms with E-state index >= 15 is 0 Å². The lowest BCUT2D eigenvalue weighted by molar-refractivity contribution is 0.0831. The molecule has 2 aromatic carbocycles. The van der Waals surface area contributed by atoms with Crippen LogP contribution in [0.5, 0.6) is 0 Å². The molecule has 26 heavy (non-hydrogen) atoms. The van der Waals surface area contributed by atoms with Crippen molar-refractivity contribution >= 4 is 11.8 Å². The molecule has 0 unspecified atom stereocenters. The van der Waals surface area contributed by atoms with Crippen molar-refractivity contribution in [1.82, 2.24) is 10.9 Å². The van der Waals surface area contributed by atoms with Crippen molar-refractivity contribution < 1.29 is 22.8 Å². The van der Waals surface area contributed by atoms with Crippen molar-refractivity contribution in [2.24, 2.45) is 0 Å². The molecule has 2 N–H and O–H groups in total. The van der Waals surface area contributed by atoms with E-state index in [-0.39, 0.29) is 17.1 Å². The Kier molecular flexibility index (Phi) is 4.79. The van der Waals surface area contributed by atoms with Gasteiger partial charge in [-0.15, -0.1) is 0 Å². The Morgan fingerprint density at radius 3 is 2.42 bits per heavy atom. The van der Waals surface area contributed by atoms with Crippen molar-refractivity contribution in [1.29, 1.82) is 0 Å². The molecule has 0 atom stereocenters. The van der Waals surface area contributed by atoms with Crippen LogP contribution in [0.2, 0.25) is 0 Å². The lowest BCUT2D eigenvalue weighted by Crippen LogP contribution is -2.41. The summed E-state index contributed by atoms with van der Waals surface area (Å²) >= 11 is 0. The van der Waals surface area contributed by atoms with Crippen molar-refractivity contribution in [2.75, 3.05) is 0 Å². The first-order valence-electron chi connectivity index (χ1n) is 7.66. The molecule has 0 bridgehead atoms. The molecule has 7 heteroatoms. The van der Waals surface area contributed by atoms with Crippen LogP contribution in [0.3, 0.4) is 0 Å². The monoisotopic (exact) mass is 356 g/mol. The molecular weight excluding hydrogens is 342 g/mol. The molecule has 1 heterocycles. The van der Waals surface area contributed by atoms with E-state index in [4.69, 9.17) is 4.42 Å². The van der Waals surface area contributed by atoms with Gasteiger partial charge in [-0.3, -0.25) is 20.4 Å². The quantitative estimate of drug-likeness (QED) is 0.705. The van der Waals surface area contributed by atoms with E-state index in [9.17, 15) is 18.4 Å². The van der Waals surface area contributed by atoms with Gasteiger partial charge in [-0.05, 0) is 43.3 Å². The average molecular weight is 356 g/mol. The summed E-state index contributed by atoms with van der Waals surface area (Å²) in [4.78, 5) is 24.1. The Labute approximate surface area is 147 Å². The Morgan fingerprint density at radius 2 is 1.69 bits per heavy atom. The third kappa shape index (κ3) is 3.77. The number of amides is 2. The number of benzene rings is 2. The minimum absolute atomic E-state index is 0.0225. The van der Waals surface area contributed by atoms with Crippen LogP contribution in [0, 0.1) is 18.6 Å². The van der Waals surface area contributed by atoms with Gasteiger partial charge in [-0.1, -0.05) is 17.7 Å². The predicted octanol–water partition coefficient (Wildman–Crippen LogP) is 3.61. The number of rotatable bonds is 3. The van der Waals surface area contributed by atoms with Crippen LogP contribution in [-0.2, 0) is 0 Å². The molecule has 3 aromatic rings. The molecule has 1 aromatic heterocycles.